The normalized spacial score (nSPS) is 28.7. The summed E-state index contributed by atoms with van der Waals surface area (Å²) in [5, 5.41) is -0.103. The predicted molar refractivity (Wildman–Crippen MR) is 69.0 cm³/mol. The highest BCUT2D eigenvalue weighted by Crippen LogP contribution is 2.39. The Balaban J connectivity index is 2.36. The fraction of sp³-hybridized carbons (Fsp3) is 0.556. The smallest absolute Gasteiger partial charge is 0.354 e. The number of hydrogen-bond acceptors (Lipinski definition) is 5. The van der Waals surface area contributed by atoms with Crippen molar-refractivity contribution in [3.8, 4) is 0 Å². The Morgan fingerprint density at radius 3 is 3.00 bits per heavy atom. The first-order valence-electron chi connectivity index (χ1n) is 4.68. The van der Waals surface area contributed by atoms with Gasteiger partial charge >= 0.3 is 5.97 Å². The first-order valence-corrected chi connectivity index (χ1v) is 7.25. The van der Waals surface area contributed by atoms with Gasteiger partial charge in [0.05, 0.1) is 7.11 Å². The molecule has 2 rings (SSSR count). The Kier molecular flexibility index (Phi) is 3.45. The lowest BCUT2D eigenvalue weighted by Crippen LogP contribution is -2.68. The molecule has 1 saturated heterocycles. The molecule has 5 nitrogen and oxygen atoms in total. The van der Waals surface area contributed by atoms with Crippen LogP contribution in [0.2, 0.25) is 0 Å². The molecule has 0 saturated carbocycles. The number of rotatable bonds is 2. The summed E-state index contributed by atoms with van der Waals surface area (Å²) in [4.78, 5) is 24.8. The van der Waals surface area contributed by atoms with Crippen LogP contribution in [0.25, 0.3) is 0 Å². The number of esters is 1. The van der Waals surface area contributed by atoms with E-state index in [1.807, 2.05) is 0 Å². The number of thioether (sulfide) groups is 1. The SMILES string of the molecule is COC(=O)C1=C(CI)CS[C@H]2C(N)C(=O)N12. The van der Waals surface area contributed by atoms with Crippen molar-refractivity contribution in [3.05, 3.63) is 11.3 Å². The molecule has 0 aromatic rings. The third-order valence-corrected chi connectivity index (χ3v) is 4.91. The summed E-state index contributed by atoms with van der Waals surface area (Å²) < 4.78 is 5.42. The molecule has 2 N–H and O–H groups in total. The number of fused-ring (bicyclic) bond motifs is 1. The minimum absolute atomic E-state index is 0.103. The van der Waals surface area contributed by atoms with Crippen LogP contribution in [-0.4, -0.2) is 45.5 Å². The number of β-lactam (4-membered cyclic amide) rings is 1. The van der Waals surface area contributed by atoms with Crippen LogP contribution in [0.5, 0.6) is 0 Å². The van der Waals surface area contributed by atoms with Crippen molar-refractivity contribution < 1.29 is 14.3 Å². The zero-order valence-electron chi connectivity index (χ0n) is 8.60. The van der Waals surface area contributed by atoms with Crippen LogP contribution in [0, 0.1) is 0 Å². The summed E-state index contributed by atoms with van der Waals surface area (Å²) in [7, 11) is 1.32. The number of halogens is 1. The van der Waals surface area contributed by atoms with Crippen molar-refractivity contribution in [2.45, 2.75) is 11.4 Å². The molecular weight excluding hydrogens is 343 g/mol. The Hall–Kier alpha value is -0.280. The van der Waals surface area contributed by atoms with Crippen LogP contribution in [0.15, 0.2) is 11.3 Å². The van der Waals surface area contributed by atoms with Gasteiger partial charge < -0.3 is 10.5 Å². The molecule has 7 heteroatoms. The quantitative estimate of drug-likeness (QED) is 0.329. The summed E-state index contributed by atoms with van der Waals surface area (Å²) in [6.45, 7) is 0. The maximum absolute atomic E-state index is 11.7. The van der Waals surface area contributed by atoms with Gasteiger partial charge in [-0.3, -0.25) is 9.69 Å². The highest BCUT2D eigenvalue weighted by Gasteiger charge is 2.51. The maximum Gasteiger partial charge on any atom is 0.354 e. The third kappa shape index (κ3) is 1.65. The number of hydrogen-bond donors (Lipinski definition) is 1. The van der Waals surface area contributed by atoms with Gasteiger partial charge in [-0.25, -0.2) is 4.79 Å². The van der Waals surface area contributed by atoms with Gasteiger partial charge in [0, 0.05) is 10.2 Å². The first-order chi connectivity index (χ1) is 7.61. The number of nitrogens with zero attached hydrogens (tertiary/aromatic N) is 1. The van der Waals surface area contributed by atoms with Crippen LogP contribution in [0.4, 0.5) is 0 Å². The lowest BCUT2D eigenvalue weighted by Gasteiger charge is -2.48. The zero-order chi connectivity index (χ0) is 11.9. The van der Waals surface area contributed by atoms with Gasteiger partial charge in [-0.15, -0.1) is 11.8 Å². The number of carbonyl (C=O) groups excluding carboxylic acids is 2. The number of alkyl halides is 1. The van der Waals surface area contributed by atoms with E-state index in [-0.39, 0.29) is 11.3 Å². The van der Waals surface area contributed by atoms with Crippen molar-refractivity contribution >= 4 is 46.2 Å². The fourth-order valence-electron chi connectivity index (χ4n) is 1.77. The molecule has 1 amide bonds. The average molecular weight is 354 g/mol. The molecule has 1 unspecified atom stereocenters. The second kappa shape index (κ2) is 4.53. The Labute approximate surface area is 111 Å². The predicted octanol–water partition coefficient (Wildman–Crippen LogP) is 0.0909. The number of carbonyl (C=O) groups is 2. The van der Waals surface area contributed by atoms with Crippen molar-refractivity contribution in [2.75, 3.05) is 17.3 Å². The van der Waals surface area contributed by atoms with Gasteiger partial charge in [-0.1, -0.05) is 22.6 Å². The zero-order valence-corrected chi connectivity index (χ0v) is 11.6. The summed E-state index contributed by atoms with van der Waals surface area (Å²) in [5.74, 6) is 0.0902. The van der Waals surface area contributed by atoms with E-state index in [1.54, 1.807) is 11.8 Å². The van der Waals surface area contributed by atoms with Crippen LogP contribution in [0.3, 0.4) is 0 Å². The van der Waals surface area contributed by atoms with E-state index in [0.717, 1.165) is 11.3 Å². The van der Waals surface area contributed by atoms with Crippen molar-refractivity contribution in [1.82, 2.24) is 4.90 Å². The first kappa shape index (κ1) is 12.2. The van der Waals surface area contributed by atoms with Crippen LogP contribution in [-0.2, 0) is 14.3 Å². The molecule has 0 aromatic heterocycles. The van der Waals surface area contributed by atoms with Gasteiger partial charge in [0.1, 0.15) is 17.1 Å². The Morgan fingerprint density at radius 2 is 2.44 bits per heavy atom. The number of ether oxygens (including phenoxy) is 1. The molecule has 88 valence electrons. The Bertz CT molecular complexity index is 385. The van der Waals surface area contributed by atoms with Crippen molar-refractivity contribution in [1.29, 1.82) is 0 Å². The molecule has 0 bridgehead atoms. The minimum Gasteiger partial charge on any atom is -0.464 e. The molecule has 2 aliphatic rings. The molecule has 16 heavy (non-hydrogen) atoms. The van der Waals surface area contributed by atoms with E-state index in [2.05, 4.69) is 22.6 Å². The van der Waals surface area contributed by atoms with Crippen molar-refractivity contribution in [2.24, 2.45) is 5.73 Å². The maximum atomic E-state index is 11.7. The number of methoxy groups -OCH3 is 1. The summed E-state index contributed by atoms with van der Waals surface area (Å²) >= 11 is 3.78. The summed E-state index contributed by atoms with van der Waals surface area (Å²) in [5.41, 5.74) is 7.01. The molecule has 0 spiro atoms. The third-order valence-electron chi connectivity index (χ3n) is 2.63. The monoisotopic (exact) mass is 354 g/mol. The van der Waals surface area contributed by atoms with Gasteiger partial charge in [0.25, 0.3) is 0 Å². The molecule has 1 fully saturated rings. The number of nitrogens with two attached hydrogens (primary N) is 1. The lowest BCUT2D eigenvalue weighted by atomic mass is 10.0. The van der Waals surface area contributed by atoms with Crippen LogP contribution in [0.1, 0.15) is 0 Å². The summed E-state index contributed by atoms with van der Waals surface area (Å²) in [6, 6.07) is -0.486. The highest BCUT2D eigenvalue weighted by atomic mass is 127. The van der Waals surface area contributed by atoms with E-state index < -0.39 is 12.0 Å². The highest BCUT2D eigenvalue weighted by molar-refractivity contribution is 14.1. The molecule has 2 atom stereocenters. The number of amides is 1. The van der Waals surface area contributed by atoms with Gasteiger partial charge in [0.15, 0.2) is 0 Å². The van der Waals surface area contributed by atoms with E-state index in [0.29, 0.717) is 10.1 Å². The van der Waals surface area contributed by atoms with Gasteiger partial charge in [0.2, 0.25) is 5.91 Å². The second-order valence-corrected chi connectivity index (χ2v) is 5.38. The van der Waals surface area contributed by atoms with E-state index >= 15 is 0 Å². The Morgan fingerprint density at radius 1 is 1.75 bits per heavy atom. The molecule has 0 aliphatic carbocycles. The second-order valence-electron chi connectivity index (χ2n) is 3.51. The van der Waals surface area contributed by atoms with E-state index in [9.17, 15) is 9.59 Å². The molecule has 0 aromatic carbocycles. The molecular formula is C9H11IN2O3S. The largest absolute Gasteiger partial charge is 0.464 e. The molecule has 2 heterocycles. The van der Waals surface area contributed by atoms with Gasteiger partial charge in [-0.05, 0) is 5.57 Å². The topological polar surface area (TPSA) is 72.6 Å². The summed E-state index contributed by atoms with van der Waals surface area (Å²) in [6.07, 6.45) is 0. The van der Waals surface area contributed by atoms with Crippen molar-refractivity contribution in [3.63, 3.8) is 0 Å². The van der Waals surface area contributed by atoms with Gasteiger partial charge in [-0.2, -0.15) is 0 Å². The lowest BCUT2D eigenvalue weighted by molar-refractivity contribution is -0.149. The fourth-order valence-corrected chi connectivity index (χ4v) is 4.06. The standard InChI is InChI=1S/C9H11IN2O3S/c1-15-9(14)6-4(2-10)3-16-8-5(11)7(13)12(6)8/h5,8H,2-3,11H2,1H3/t5?,8-/m0/s1. The molecule has 2 aliphatic heterocycles. The van der Waals surface area contributed by atoms with Crippen LogP contribution >= 0.6 is 34.4 Å². The minimum atomic E-state index is -0.486. The van der Waals surface area contributed by atoms with Crippen LogP contribution < -0.4 is 5.73 Å². The molecule has 0 radical (unpaired) electrons. The average Bonchev–Trinajstić information content (AvgIpc) is 2.34. The van der Waals surface area contributed by atoms with E-state index in [1.165, 1.54) is 12.0 Å². The van der Waals surface area contributed by atoms with E-state index in [4.69, 9.17) is 10.5 Å².